The van der Waals surface area contributed by atoms with Crippen molar-refractivity contribution in [2.24, 2.45) is 0 Å². The first-order valence-corrected chi connectivity index (χ1v) is 9.78. The van der Waals surface area contributed by atoms with E-state index >= 15 is 0 Å². The number of halogens is 1. The number of thiazole rings is 1. The predicted octanol–water partition coefficient (Wildman–Crippen LogP) is 4.50. The largest absolute Gasteiger partial charge is 0.451 e. The van der Waals surface area contributed by atoms with E-state index in [9.17, 15) is 9.59 Å². The summed E-state index contributed by atoms with van der Waals surface area (Å²) in [5.41, 5.74) is 2.23. The monoisotopic (exact) mass is 417 g/mol. The summed E-state index contributed by atoms with van der Waals surface area (Å²) in [6.45, 7) is 1.28. The summed E-state index contributed by atoms with van der Waals surface area (Å²) < 4.78 is 5.09. The second kappa shape index (κ2) is 8.31. The lowest BCUT2D eigenvalue weighted by atomic mass is 10.2. The van der Waals surface area contributed by atoms with E-state index in [1.165, 1.54) is 23.5 Å². The van der Waals surface area contributed by atoms with E-state index in [0.717, 1.165) is 10.6 Å². The normalized spacial score (nSPS) is 10.3. The highest BCUT2D eigenvalue weighted by molar-refractivity contribution is 7.17. The maximum Gasteiger partial charge on any atom is 0.350 e. The molecule has 0 fully saturated rings. The van der Waals surface area contributed by atoms with Gasteiger partial charge in [-0.2, -0.15) is 16.6 Å². The summed E-state index contributed by atoms with van der Waals surface area (Å²) in [6, 6.07) is 8.36. The molecule has 0 aliphatic heterocycles. The molecule has 2 aromatic heterocycles. The van der Waals surface area contributed by atoms with E-state index in [-0.39, 0.29) is 5.02 Å². The molecule has 1 amide bonds. The highest BCUT2D eigenvalue weighted by atomic mass is 35.5. The molecule has 0 saturated carbocycles. The number of nitrogens with one attached hydrogen (secondary N) is 1. The summed E-state index contributed by atoms with van der Waals surface area (Å²) in [4.78, 5) is 29.0. The minimum atomic E-state index is -0.598. The number of amides is 1. The van der Waals surface area contributed by atoms with Gasteiger partial charge in [-0.3, -0.25) is 4.79 Å². The molecule has 3 aromatic rings. The van der Waals surface area contributed by atoms with Crippen LogP contribution in [0.25, 0.3) is 10.6 Å². The first kappa shape index (κ1) is 19.0. The van der Waals surface area contributed by atoms with Crippen molar-refractivity contribution in [3.63, 3.8) is 0 Å². The quantitative estimate of drug-likeness (QED) is 0.617. The maximum atomic E-state index is 12.3. The molecule has 0 radical (unpaired) electrons. The Morgan fingerprint density at radius 3 is 2.85 bits per heavy atom. The van der Waals surface area contributed by atoms with Crippen molar-refractivity contribution in [2.45, 2.75) is 6.92 Å². The molecular weight excluding hydrogens is 406 g/mol. The Morgan fingerprint density at radius 2 is 2.19 bits per heavy atom. The fraction of sp³-hybridized carbons (Fsp3) is 0.111. The second-order valence-electron chi connectivity index (χ2n) is 5.38. The van der Waals surface area contributed by atoms with Gasteiger partial charge < -0.3 is 10.1 Å². The molecular formula is C18H12ClN3O3S2. The van der Waals surface area contributed by atoms with Crippen LogP contribution in [0.15, 0.2) is 35.0 Å². The summed E-state index contributed by atoms with van der Waals surface area (Å²) in [6.07, 6.45) is 0. The third-order valence-electron chi connectivity index (χ3n) is 3.46. The van der Waals surface area contributed by atoms with Gasteiger partial charge in [0, 0.05) is 16.6 Å². The summed E-state index contributed by atoms with van der Waals surface area (Å²) in [5.74, 6) is -1.11. The predicted molar refractivity (Wildman–Crippen MR) is 105 cm³/mol. The first-order valence-electron chi connectivity index (χ1n) is 7.64. The Hall–Kier alpha value is -2.73. The molecule has 0 aliphatic rings. The van der Waals surface area contributed by atoms with Crippen LogP contribution in [0.3, 0.4) is 0 Å². The lowest BCUT2D eigenvalue weighted by molar-refractivity contribution is -0.119. The molecule has 0 unspecified atom stereocenters. The third kappa shape index (κ3) is 4.52. The van der Waals surface area contributed by atoms with Crippen LogP contribution >= 0.6 is 34.3 Å². The molecule has 6 nitrogen and oxygen atoms in total. The number of hydrogen-bond donors (Lipinski definition) is 1. The zero-order valence-electron chi connectivity index (χ0n) is 14.0. The van der Waals surface area contributed by atoms with Crippen molar-refractivity contribution in [2.75, 3.05) is 11.9 Å². The van der Waals surface area contributed by atoms with Crippen molar-refractivity contribution in [3.8, 4) is 16.6 Å². The molecule has 0 spiro atoms. The molecule has 136 valence electrons. The molecule has 0 saturated heterocycles. The number of rotatable bonds is 5. The van der Waals surface area contributed by atoms with Gasteiger partial charge in [0.1, 0.15) is 16.0 Å². The lowest BCUT2D eigenvalue weighted by Crippen LogP contribution is -2.20. The van der Waals surface area contributed by atoms with E-state index < -0.39 is 18.5 Å². The topological polar surface area (TPSA) is 92.1 Å². The SMILES string of the molecule is Cc1nc(-c2ccsc2)sc1C(=O)OCC(=O)Nc1ccc(C#N)c(Cl)c1. The van der Waals surface area contributed by atoms with Gasteiger partial charge in [-0.05, 0) is 36.6 Å². The minimum Gasteiger partial charge on any atom is -0.451 e. The van der Waals surface area contributed by atoms with Gasteiger partial charge in [0.05, 0.1) is 16.3 Å². The molecule has 9 heteroatoms. The number of aromatic nitrogens is 1. The van der Waals surface area contributed by atoms with Gasteiger partial charge in [-0.1, -0.05) is 11.6 Å². The standard InChI is InChI=1S/C18H12ClN3O3S2/c1-10-16(27-17(21-10)12-4-5-26-9-12)18(24)25-8-15(23)22-13-3-2-11(7-20)14(19)6-13/h2-6,9H,8H2,1H3,(H,22,23). The smallest absolute Gasteiger partial charge is 0.350 e. The molecule has 0 aliphatic carbocycles. The number of hydrogen-bond acceptors (Lipinski definition) is 7. The van der Waals surface area contributed by atoms with Crippen molar-refractivity contribution in [1.82, 2.24) is 4.98 Å². The van der Waals surface area contributed by atoms with Crippen LogP contribution in [-0.4, -0.2) is 23.5 Å². The number of nitrogens with zero attached hydrogens (tertiary/aromatic N) is 2. The molecule has 1 aromatic carbocycles. The molecule has 0 bridgehead atoms. The van der Waals surface area contributed by atoms with E-state index in [0.29, 0.717) is 21.8 Å². The van der Waals surface area contributed by atoms with Crippen LogP contribution in [0.5, 0.6) is 0 Å². The fourth-order valence-electron chi connectivity index (χ4n) is 2.17. The molecule has 1 N–H and O–H groups in total. The highest BCUT2D eigenvalue weighted by Crippen LogP contribution is 2.29. The van der Waals surface area contributed by atoms with Crippen molar-refractivity contribution < 1.29 is 14.3 Å². The Morgan fingerprint density at radius 1 is 1.37 bits per heavy atom. The van der Waals surface area contributed by atoms with Gasteiger partial charge in [0.25, 0.3) is 5.91 Å². The third-order valence-corrected chi connectivity index (χ3v) is 5.64. The number of benzene rings is 1. The van der Waals surface area contributed by atoms with Crippen molar-refractivity contribution in [1.29, 1.82) is 5.26 Å². The van der Waals surface area contributed by atoms with Gasteiger partial charge >= 0.3 is 5.97 Å². The minimum absolute atomic E-state index is 0.230. The average molecular weight is 418 g/mol. The lowest BCUT2D eigenvalue weighted by Gasteiger charge is -2.07. The first-order chi connectivity index (χ1) is 13.0. The molecule has 27 heavy (non-hydrogen) atoms. The van der Waals surface area contributed by atoms with E-state index in [1.807, 2.05) is 22.9 Å². The Labute approximate surface area is 168 Å². The van der Waals surface area contributed by atoms with Crippen LogP contribution < -0.4 is 5.32 Å². The Kier molecular flexibility index (Phi) is 5.86. The number of ether oxygens (including phenoxy) is 1. The Balaban J connectivity index is 1.60. The highest BCUT2D eigenvalue weighted by Gasteiger charge is 2.19. The maximum absolute atomic E-state index is 12.3. The van der Waals surface area contributed by atoms with E-state index in [1.54, 1.807) is 24.3 Å². The Bertz CT molecular complexity index is 1040. The van der Waals surface area contributed by atoms with Gasteiger partial charge in [-0.25, -0.2) is 9.78 Å². The number of esters is 1. The van der Waals surface area contributed by atoms with E-state index in [2.05, 4.69) is 10.3 Å². The second-order valence-corrected chi connectivity index (χ2v) is 7.56. The van der Waals surface area contributed by atoms with E-state index in [4.69, 9.17) is 21.6 Å². The molecule has 2 heterocycles. The summed E-state index contributed by atoms with van der Waals surface area (Å²) >= 11 is 8.69. The van der Waals surface area contributed by atoms with Crippen molar-refractivity contribution >= 4 is 51.8 Å². The number of thiophene rings is 1. The molecule has 3 rings (SSSR count). The number of anilines is 1. The van der Waals surface area contributed by atoms with Gasteiger partial charge in [0.15, 0.2) is 6.61 Å². The number of carbonyl (C=O) groups excluding carboxylic acids is 2. The van der Waals surface area contributed by atoms with Crippen LogP contribution in [0, 0.1) is 18.3 Å². The van der Waals surface area contributed by atoms with Crippen LogP contribution in [0.1, 0.15) is 20.9 Å². The summed E-state index contributed by atoms with van der Waals surface area (Å²) in [5, 5.41) is 16.3. The van der Waals surface area contributed by atoms with Crippen molar-refractivity contribution in [3.05, 3.63) is 56.2 Å². The van der Waals surface area contributed by atoms with Crippen LogP contribution in [-0.2, 0) is 9.53 Å². The summed E-state index contributed by atoms with van der Waals surface area (Å²) in [7, 11) is 0. The van der Waals surface area contributed by atoms with Crippen LogP contribution in [0.4, 0.5) is 5.69 Å². The number of nitriles is 1. The van der Waals surface area contributed by atoms with Gasteiger partial charge in [-0.15, -0.1) is 11.3 Å². The zero-order valence-corrected chi connectivity index (χ0v) is 16.4. The molecule has 0 atom stereocenters. The van der Waals surface area contributed by atoms with Gasteiger partial charge in [0.2, 0.25) is 0 Å². The number of carbonyl (C=O) groups is 2. The number of aryl methyl sites for hydroxylation is 1. The average Bonchev–Trinajstić information content (AvgIpc) is 3.29. The fourth-order valence-corrected chi connectivity index (χ4v) is 4.07. The van der Waals surface area contributed by atoms with Crippen LogP contribution in [0.2, 0.25) is 5.02 Å². The zero-order chi connectivity index (χ0) is 19.4.